The maximum Gasteiger partial charge on any atom is 0.339 e. The van der Waals surface area contributed by atoms with Crippen LogP contribution in [0.4, 0.5) is 0 Å². The normalized spacial score (nSPS) is 11.2. The number of halogens is 1. The lowest BCUT2D eigenvalue weighted by molar-refractivity contribution is 0.0509. The van der Waals surface area contributed by atoms with Crippen molar-refractivity contribution in [3.63, 3.8) is 0 Å². The number of hydrogen-bond acceptors (Lipinski definition) is 4. The Morgan fingerprint density at radius 3 is 2.45 bits per heavy atom. The third kappa shape index (κ3) is 4.32. The zero-order valence-electron chi connectivity index (χ0n) is 12.0. The Labute approximate surface area is 134 Å². The molecule has 0 fully saturated rings. The number of carbonyl (C=O) groups is 1. The Morgan fingerprint density at radius 1 is 1.14 bits per heavy atom. The first-order valence-corrected chi connectivity index (χ1v) is 8.85. The van der Waals surface area contributed by atoms with Crippen molar-refractivity contribution in [2.75, 3.05) is 12.9 Å². The number of benzene rings is 2. The summed E-state index contributed by atoms with van der Waals surface area (Å²) in [6, 6.07) is 13.6. The molecule has 0 aliphatic carbocycles. The van der Waals surface area contributed by atoms with Gasteiger partial charge in [-0.2, -0.15) is 0 Å². The highest BCUT2D eigenvalue weighted by Crippen LogP contribution is 2.21. The molecule has 0 atom stereocenters. The summed E-state index contributed by atoms with van der Waals surface area (Å²) >= 11 is 5.94. The van der Waals surface area contributed by atoms with Crippen LogP contribution in [-0.2, 0) is 21.0 Å². The molecular formula is C16H15ClO4S. The van der Waals surface area contributed by atoms with E-state index in [-0.39, 0.29) is 22.1 Å². The quantitative estimate of drug-likeness (QED) is 0.786. The van der Waals surface area contributed by atoms with Crippen LogP contribution in [0.5, 0.6) is 0 Å². The molecule has 4 nitrogen and oxygen atoms in total. The molecule has 0 saturated heterocycles. The molecule has 6 heteroatoms. The summed E-state index contributed by atoms with van der Waals surface area (Å²) in [5.41, 5.74) is 1.10. The van der Waals surface area contributed by atoms with Gasteiger partial charge in [-0.1, -0.05) is 41.9 Å². The number of sulfone groups is 1. The van der Waals surface area contributed by atoms with Gasteiger partial charge in [0.2, 0.25) is 0 Å². The van der Waals surface area contributed by atoms with E-state index >= 15 is 0 Å². The summed E-state index contributed by atoms with van der Waals surface area (Å²) in [6.45, 7) is 0.197. The van der Waals surface area contributed by atoms with Gasteiger partial charge in [0.05, 0.1) is 22.1 Å². The molecule has 0 N–H and O–H groups in total. The fourth-order valence-corrected chi connectivity index (χ4v) is 2.72. The molecule has 0 aliphatic heterocycles. The van der Waals surface area contributed by atoms with E-state index in [2.05, 4.69) is 0 Å². The van der Waals surface area contributed by atoms with Gasteiger partial charge < -0.3 is 4.74 Å². The average molecular weight is 339 g/mol. The van der Waals surface area contributed by atoms with Crippen molar-refractivity contribution in [2.24, 2.45) is 0 Å². The highest BCUT2D eigenvalue weighted by Gasteiger charge is 2.16. The van der Waals surface area contributed by atoms with E-state index in [1.807, 2.05) is 30.3 Å². The van der Waals surface area contributed by atoms with Crippen LogP contribution in [0.15, 0.2) is 53.4 Å². The van der Waals surface area contributed by atoms with E-state index in [1.165, 1.54) is 18.2 Å². The number of carbonyl (C=O) groups excluding carboxylic acids is 1. The Kier molecular flexibility index (Phi) is 5.21. The molecule has 0 amide bonds. The van der Waals surface area contributed by atoms with Gasteiger partial charge in [-0.25, -0.2) is 13.2 Å². The highest BCUT2D eigenvalue weighted by molar-refractivity contribution is 7.90. The van der Waals surface area contributed by atoms with Crippen LogP contribution in [0.3, 0.4) is 0 Å². The second-order valence-electron chi connectivity index (χ2n) is 4.79. The Hall–Kier alpha value is -1.85. The van der Waals surface area contributed by atoms with Crippen LogP contribution in [0, 0.1) is 0 Å². The number of esters is 1. The smallest absolute Gasteiger partial charge is 0.339 e. The van der Waals surface area contributed by atoms with Crippen molar-refractivity contribution < 1.29 is 17.9 Å². The molecule has 0 aromatic heterocycles. The summed E-state index contributed by atoms with van der Waals surface area (Å²) in [5.74, 6) is -0.633. The maximum atomic E-state index is 12.0. The van der Waals surface area contributed by atoms with Crippen LogP contribution < -0.4 is 0 Å². The van der Waals surface area contributed by atoms with Crippen LogP contribution in [0.1, 0.15) is 15.9 Å². The minimum atomic E-state index is -3.41. The molecule has 0 bridgehead atoms. The summed E-state index contributed by atoms with van der Waals surface area (Å²) in [6.07, 6.45) is 1.65. The molecule has 0 saturated carbocycles. The molecule has 2 aromatic rings. The first kappa shape index (κ1) is 16.5. The number of rotatable bonds is 5. The van der Waals surface area contributed by atoms with Gasteiger partial charge in [-0.05, 0) is 23.8 Å². The third-order valence-electron chi connectivity index (χ3n) is 3.05. The molecule has 0 spiro atoms. The molecule has 2 rings (SSSR count). The lowest BCUT2D eigenvalue weighted by Gasteiger charge is -2.08. The van der Waals surface area contributed by atoms with Crippen molar-refractivity contribution in [1.29, 1.82) is 0 Å². The second kappa shape index (κ2) is 6.94. The second-order valence-corrected chi connectivity index (χ2v) is 7.21. The molecule has 2 aromatic carbocycles. The predicted molar refractivity (Wildman–Crippen MR) is 85.0 cm³/mol. The summed E-state index contributed by atoms with van der Waals surface area (Å²) in [7, 11) is -3.41. The topological polar surface area (TPSA) is 60.4 Å². The van der Waals surface area contributed by atoms with Gasteiger partial charge in [-0.15, -0.1) is 0 Å². The van der Waals surface area contributed by atoms with Gasteiger partial charge >= 0.3 is 5.97 Å². The highest BCUT2D eigenvalue weighted by atomic mass is 35.5. The zero-order chi connectivity index (χ0) is 16.2. The number of hydrogen-bond donors (Lipinski definition) is 0. The maximum absolute atomic E-state index is 12.0. The number of ether oxygens (including phenoxy) is 1. The minimum Gasteiger partial charge on any atom is -0.462 e. The van der Waals surface area contributed by atoms with Gasteiger partial charge in [0.1, 0.15) is 0 Å². The van der Waals surface area contributed by atoms with Crippen molar-refractivity contribution in [3.8, 4) is 0 Å². The average Bonchev–Trinajstić information content (AvgIpc) is 2.47. The molecule has 0 aliphatic rings. The van der Waals surface area contributed by atoms with Crippen LogP contribution in [0.25, 0.3) is 0 Å². The predicted octanol–water partition coefficient (Wildman–Crippen LogP) is 3.14. The Morgan fingerprint density at radius 2 is 1.82 bits per heavy atom. The zero-order valence-corrected chi connectivity index (χ0v) is 13.5. The van der Waals surface area contributed by atoms with Crippen molar-refractivity contribution in [1.82, 2.24) is 0 Å². The van der Waals surface area contributed by atoms with E-state index in [0.717, 1.165) is 11.8 Å². The molecule has 22 heavy (non-hydrogen) atoms. The molecular weight excluding hydrogens is 324 g/mol. The Balaban J connectivity index is 2.06. The lowest BCUT2D eigenvalue weighted by Crippen LogP contribution is -2.10. The van der Waals surface area contributed by atoms with Crippen LogP contribution in [-0.4, -0.2) is 27.2 Å². The van der Waals surface area contributed by atoms with Gasteiger partial charge in [-0.3, -0.25) is 0 Å². The minimum absolute atomic E-state index is 0.0342. The van der Waals surface area contributed by atoms with Crippen molar-refractivity contribution in [2.45, 2.75) is 11.3 Å². The first-order chi connectivity index (χ1) is 10.4. The lowest BCUT2D eigenvalue weighted by atomic mass is 10.2. The van der Waals surface area contributed by atoms with E-state index in [4.69, 9.17) is 16.3 Å². The SMILES string of the molecule is CS(=O)(=O)c1ccc(Cl)c(C(=O)OCCc2ccccc2)c1. The van der Waals surface area contributed by atoms with Gasteiger partial charge in [0, 0.05) is 12.7 Å². The third-order valence-corrected chi connectivity index (χ3v) is 4.49. The van der Waals surface area contributed by atoms with Gasteiger partial charge in [0.25, 0.3) is 0 Å². The monoisotopic (exact) mass is 338 g/mol. The molecule has 0 heterocycles. The van der Waals surface area contributed by atoms with Crippen molar-refractivity contribution in [3.05, 3.63) is 64.7 Å². The Bertz CT molecular complexity index is 770. The van der Waals surface area contributed by atoms with E-state index < -0.39 is 15.8 Å². The first-order valence-electron chi connectivity index (χ1n) is 6.58. The van der Waals surface area contributed by atoms with Gasteiger partial charge in [0.15, 0.2) is 9.84 Å². The largest absolute Gasteiger partial charge is 0.462 e. The van der Waals surface area contributed by atoms with Crippen LogP contribution >= 0.6 is 11.6 Å². The summed E-state index contributed by atoms with van der Waals surface area (Å²) in [5, 5.41) is 0.164. The molecule has 0 unspecified atom stereocenters. The van der Waals surface area contributed by atoms with E-state index in [0.29, 0.717) is 6.42 Å². The standard InChI is InChI=1S/C16H15ClO4S/c1-22(19,20)13-7-8-15(17)14(11-13)16(18)21-10-9-12-5-3-2-4-6-12/h2-8,11H,9-10H2,1H3. The molecule has 0 radical (unpaired) electrons. The summed E-state index contributed by atoms with van der Waals surface area (Å²) < 4.78 is 28.2. The van der Waals surface area contributed by atoms with E-state index in [1.54, 1.807) is 0 Å². The van der Waals surface area contributed by atoms with Crippen LogP contribution in [0.2, 0.25) is 5.02 Å². The summed E-state index contributed by atoms with van der Waals surface area (Å²) in [4.78, 5) is 12.1. The van der Waals surface area contributed by atoms with E-state index in [9.17, 15) is 13.2 Å². The fourth-order valence-electron chi connectivity index (χ4n) is 1.88. The van der Waals surface area contributed by atoms with Crippen molar-refractivity contribution >= 4 is 27.4 Å². The molecule has 116 valence electrons. The fraction of sp³-hybridized carbons (Fsp3) is 0.188.